The average molecular weight is 378 g/mol. The molecule has 0 atom stereocenters. The highest BCUT2D eigenvalue weighted by atomic mass is 19.1. The first kappa shape index (κ1) is 19.8. The Bertz CT molecular complexity index is 922. The molecule has 0 saturated carbocycles. The number of likely N-dealkylation sites (N-methyl/N-ethyl adjacent to an activating group) is 2. The van der Waals surface area contributed by atoms with E-state index >= 15 is 0 Å². The summed E-state index contributed by atoms with van der Waals surface area (Å²) in [5.74, 6) is 0.466. The highest BCUT2D eigenvalue weighted by Gasteiger charge is 2.07. The van der Waals surface area contributed by atoms with Crippen LogP contribution in [-0.2, 0) is 0 Å². The van der Waals surface area contributed by atoms with E-state index in [-0.39, 0.29) is 5.82 Å². The van der Waals surface area contributed by atoms with Gasteiger partial charge in [-0.1, -0.05) is 12.1 Å². The van der Waals surface area contributed by atoms with Crippen LogP contribution in [0.5, 0.6) is 0 Å². The molecular formula is C23H27FN4. The fourth-order valence-electron chi connectivity index (χ4n) is 2.95. The molecule has 2 aromatic carbocycles. The van der Waals surface area contributed by atoms with E-state index < -0.39 is 0 Å². The fraction of sp³-hybridized carbons (Fsp3) is 0.261. The molecule has 0 fully saturated rings. The summed E-state index contributed by atoms with van der Waals surface area (Å²) in [6, 6.07) is 17.2. The zero-order valence-corrected chi connectivity index (χ0v) is 16.9. The van der Waals surface area contributed by atoms with Crippen LogP contribution in [-0.4, -0.2) is 44.1 Å². The number of aryl methyl sites for hydroxylation is 1. The van der Waals surface area contributed by atoms with Crippen molar-refractivity contribution in [2.75, 3.05) is 44.4 Å². The van der Waals surface area contributed by atoms with Gasteiger partial charge in [-0.05, 0) is 74.6 Å². The molecule has 0 radical (unpaired) electrons. The van der Waals surface area contributed by atoms with E-state index in [0.717, 1.165) is 35.6 Å². The minimum atomic E-state index is -0.220. The highest BCUT2D eigenvalue weighted by Crippen LogP contribution is 2.26. The molecule has 3 rings (SSSR count). The van der Waals surface area contributed by atoms with Crippen LogP contribution in [0.15, 0.2) is 60.8 Å². The molecule has 0 aliphatic heterocycles. The van der Waals surface area contributed by atoms with Crippen LogP contribution in [0, 0.1) is 12.7 Å². The zero-order chi connectivity index (χ0) is 20.1. The van der Waals surface area contributed by atoms with E-state index in [2.05, 4.69) is 53.4 Å². The van der Waals surface area contributed by atoms with Crippen LogP contribution < -0.4 is 10.2 Å². The van der Waals surface area contributed by atoms with Crippen molar-refractivity contribution in [1.82, 2.24) is 9.88 Å². The Hall–Kier alpha value is -2.92. The van der Waals surface area contributed by atoms with Crippen molar-refractivity contribution in [2.24, 2.45) is 0 Å². The first-order chi connectivity index (χ1) is 13.4. The lowest BCUT2D eigenvalue weighted by molar-refractivity contribution is 0.416. The summed E-state index contributed by atoms with van der Waals surface area (Å²) in [7, 11) is 6.24. The minimum Gasteiger partial charge on any atom is -0.373 e. The Kier molecular flexibility index (Phi) is 6.26. The average Bonchev–Trinajstić information content (AvgIpc) is 2.67. The molecule has 0 saturated heterocycles. The molecule has 0 unspecified atom stereocenters. The maximum atomic E-state index is 14.3. The van der Waals surface area contributed by atoms with Gasteiger partial charge in [-0.2, -0.15) is 0 Å². The fourth-order valence-corrected chi connectivity index (χ4v) is 2.95. The molecule has 28 heavy (non-hydrogen) atoms. The molecule has 4 nitrogen and oxygen atoms in total. The van der Waals surface area contributed by atoms with Gasteiger partial charge in [-0.15, -0.1) is 0 Å². The lowest BCUT2D eigenvalue weighted by Gasteiger charge is -2.21. The molecule has 0 spiro atoms. The molecule has 0 aliphatic carbocycles. The first-order valence-electron chi connectivity index (χ1n) is 9.38. The normalized spacial score (nSPS) is 10.9. The van der Waals surface area contributed by atoms with Gasteiger partial charge in [0.05, 0.1) is 0 Å². The molecule has 3 aromatic rings. The van der Waals surface area contributed by atoms with Crippen LogP contribution in [0.4, 0.5) is 21.6 Å². The van der Waals surface area contributed by atoms with Crippen molar-refractivity contribution >= 4 is 17.2 Å². The van der Waals surface area contributed by atoms with Gasteiger partial charge >= 0.3 is 0 Å². The summed E-state index contributed by atoms with van der Waals surface area (Å²) in [6.45, 7) is 3.85. The van der Waals surface area contributed by atoms with Crippen molar-refractivity contribution in [3.8, 4) is 11.1 Å². The van der Waals surface area contributed by atoms with Crippen LogP contribution in [0.1, 0.15) is 5.56 Å². The van der Waals surface area contributed by atoms with Crippen LogP contribution in [0.25, 0.3) is 11.1 Å². The number of aromatic nitrogens is 1. The van der Waals surface area contributed by atoms with E-state index in [0.29, 0.717) is 11.4 Å². The van der Waals surface area contributed by atoms with E-state index in [1.54, 1.807) is 12.3 Å². The lowest BCUT2D eigenvalue weighted by Crippen LogP contribution is -2.28. The monoisotopic (exact) mass is 378 g/mol. The summed E-state index contributed by atoms with van der Waals surface area (Å²) < 4.78 is 14.3. The molecule has 1 heterocycles. The van der Waals surface area contributed by atoms with Crippen LogP contribution in [0.3, 0.4) is 0 Å². The maximum Gasteiger partial charge on any atom is 0.131 e. The van der Waals surface area contributed by atoms with E-state index in [1.165, 1.54) is 0 Å². The molecule has 0 amide bonds. The Morgan fingerprint density at radius 3 is 2.36 bits per heavy atom. The number of halogens is 1. The van der Waals surface area contributed by atoms with Crippen molar-refractivity contribution in [3.63, 3.8) is 0 Å². The summed E-state index contributed by atoms with van der Waals surface area (Å²) >= 11 is 0. The Morgan fingerprint density at radius 2 is 1.68 bits per heavy atom. The standard InChI is InChI=1S/C23H27FN4/c1-17-5-10-21(22(24)15-17)18-11-12-25-23(16-18)26-19-6-8-20(9-7-19)28(4)14-13-27(2)3/h5-12,15-16H,13-14H2,1-4H3,(H,25,26). The number of nitrogens with one attached hydrogen (secondary N) is 1. The second-order valence-electron chi connectivity index (χ2n) is 7.31. The molecule has 0 aliphatic rings. The number of anilines is 3. The first-order valence-corrected chi connectivity index (χ1v) is 9.38. The van der Waals surface area contributed by atoms with Gasteiger partial charge < -0.3 is 15.1 Å². The number of pyridine rings is 1. The number of hydrogen-bond acceptors (Lipinski definition) is 4. The number of rotatable bonds is 7. The molecule has 0 bridgehead atoms. The van der Waals surface area contributed by atoms with Gasteiger partial charge in [0.25, 0.3) is 0 Å². The Morgan fingerprint density at radius 1 is 0.929 bits per heavy atom. The molecule has 5 heteroatoms. The largest absolute Gasteiger partial charge is 0.373 e. The van der Waals surface area contributed by atoms with Crippen LogP contribution >= 0.6 is 0 Å². The van der Waals surface area contributed by atoms with Gasteiger partial charge in [-0.25, -0.2) is 9.37 Å². The van der Waals surface area contributed by atoms with Gasteiger partial charge in [-0.3, -0.25) is 0 Å². The van der Waals surface area contributed by atoms with Crippen molar-refractivity contribution < 1.29 is 4.39 Å². The third-order valence-corrected chi connectivity index (χ3v) is 4.66. The smallest absolute Gasteiger partial charge is 0.131 e. The minimum absolute atomic E-state index is 0.220. The predicted molar refractivity (Wildman–Crippen MR) is 116 cm³/mol. The summed E-state index contributed by atoms with van der Waals surface area (Å²) in [5, 5.41) is 3.30. The lowest BCUT2D eigenvalue weighted by atomic mass is 10.0. The van der Waals surface area contributed by atoms with E-state index in [4.69, 9.17) is 0 Å². The van der Waals surface area contributed by atoms with Crippen molar-refractivity contribution in [3.05, 3.63) is 72.2 Å². The zero-order valence-electron chi connectivity index (χ0n) is 16.9. The molecule has 1 aromatic heterocycles. The second-order valence-corrected chi connectivity index (χ2v) is 7.31. The highest BCUT2D eigenvalue weighted by molar-refractivity contribution is 5.69. The Labute approximate surface area is 166 Å². The van der Waals surface area contributed by atoms with Gasteiger partial charge in [0.15, 0.2) is 0 Å². The maximum absolute atomic E-state index is 14.3. The van der Waals surface area contributed by atoms with Gasteiger partial charge in [0, 0.05) is 43.3 Å². The second kappa shape index (κ2) is 8.85. The summed E-state index contributed by atoms with van der Waals surface area (Å²) in [5.41, 5.74) is 4.39. The quantitative estimate of drug-likeness (QED) is 0.631. The third kappa shape index (κ3) is 5.08. The molecule has 146 valence electrons. The van der Waals surface area contributed by atoms with Crippen molar-refractivity contribution in [2.45, 2.75) is 6.92 Å². The summed E-state index contributed by atoms with van der Waals surface area (Å²) in [6.07, 6.45) is 1.69. The number of hydrogen-bond donors (Lipinski definition) is 1. The van der Waals surface area contributed by atoms with Crippen molar-refractivity contribution in [1.29, 1.82) is 0 Å². The number of benzene rings is 2. The summed E-state index contributed by atoms with van der Waals surface area (Å²) in [4.78, 5) is 8.76. The van der Waals surface area contributed by atoms with E-state index in [1.807, 2.05) is 43.3 Å². The SMILES string of the molecule is Cc1ccc(-c2ccnc(Nc3ccc(N(C)CCN(C)C)cc3)c2)c(F)c1. The topological polar surface area (TPSA) is 31.4 Å². The third-order valence-electron chi connectivity index (χ3n) is 4.66. The molecular weight excluding hydrogens is 351 g/mol. The Balaban J connectivity index is 1.72. The van der Waals surface area contributed by atoms with Gasteiger partial charge in [0.2, 0.25) is 0 Å². The molecule has 1 N–H and O–H groups in total. The predicted octanol–water partition coefficient (Wildman–Crippen LogP) is 4.94. The van der Waals surface area contributed by atoms with E-state index in [9.17, 15) is 4.39 Å². The van der Waals surface area contributed by atoms with Crippen LogP contribution in [0.2, 0.25) is 0 Å². The number of nitrogens with zero attached hydrogens (tertiary/aromatic N) is 3. The van der Waals surface area contributed by atoms with Gasteiger partial charge in [0.1, 0.15) is 11.6 Å².